The molecule has 0 unspecified atom stereocenters. The van der Waals surface area contributed by atoms with Crippen LogP contribution in [-0.4, -0.2) is 12.1 Å². The molecule has 0 aliphatic heterocycles. The summed E-state index contributed by atoms with van der Waals surface area (Å²) >= 11 is 3.06. The molecule has 1 aromatic carbocycles. The molecule has 2 rings (SSSR count). The van der Waals surface area contributed by atoms with E-state index in [1.54, 1.807) is 0 Å². The van der Waals surface area contributed by atoms with Crippen LogP contribution in [0.5, 0.6) is 5.75 Å². The zero-order valence-corrected chi connectivity index (χ0v) is 10.4. The van der Waals surface area contributed by atoms with E-state index in [1.165, 1.54) is 6.07 Å². The summed E-state index contributed by atoms with van der Waals surface area (Å²) in [6.45, 7) is 0.330. The average Bonchev–Trinajstić information content (AvgIpc) is 2.94. The standard InChI is InChI=1S/C11H11BrF3NO/c12-8-5-7(11(13,14)15)1-2-9(8)17-6-10(16)3-4-10/h1-2,5H,3-4,6,16H2. The largest absolute Gasteiger partial charge is 0.490 e. The van der Waals surface area contributed by atoms with Crippen molar-refractivity contribution in [2.24, 2.45) is 5.73 Å². The van der Waals surface area contributed by atoms with Crippen LogP contribution in [0.25, 0.3) is 0 Å². The molecule has 1 saturated carbocycles. The van der Waals surface area contributed by atoms with Gasteiger partial charge in [-0.05, 0) is 47.0 Å². The monoisotopic (exact) mass is 309 g/mol. The molecule has 0 radical (unpaired) electrons. The maximum absolute atomic E-state index is 12.4. The topological polar surface area (TPSA) is 35.2 Å². The number of hydrogen-bond donors (Lipinski definition) is 1. The van der Waals surface area contributed by atoms with Crippen LogP contribution >= 0.6 is 15.9 Å². The maximum atomic E-state index is 12.4. The molecule has 0 aromatic heterocycles. The first-order chi connectivity index (χ1) is 7.80. The lowest BCUT2D eigenvalue weighted by Crippen LogP contribution is -2.29. The molecule has 17 heavy (non-hydrogen) atoms. The number of halogens is 4. The number of rotatable bonds is 3. The quantitative estimate of drug-likeness (QED) is 0.929. The first-order valence-corrected chi connectivity index (χ1v) is 5.88. The number of hydrogen-bond acceptors (Lipinski definition) is 2. The third kappa shape index (κ3) is 3.13. The predicted octanol–water partition coefficient (Wildman–Crippen LogP) is 3.34. The lowest BCUT2D eigenvalue weighted by molar-refractivity contribution is -0.137. The molecule has 0 heterocycles. The molecular weight excluding hydrogens is 299 g/mol. The molecule has 1 aromatic rings. The van der Waals surface area contributed by atoms with Gasteiger partial charge in [-0.2, -0.15) is 13.2 Å². The van der Waals surface area contributed by atoms with Crippen molar-refractivity contribution in [3.63, 3.8) is 0 Å². The van der Waals surface area contributed by atoms with Crippen LogP contribution in [0, 0.1) is 0 Å². The summed E-state index contributed by atoms with van der Waals surface area (Å²) < 4.78 is 42.9. The van der Waals surface area contributed by atoms with E-state index in [0.717, 1.165) is 25.0 Å². The summed E-state index contributed by atoms with van der Waals surface area (Å²) in [7, 11) is 0. The zero-order valence-electron chi connectivity index (χ0n) is 8.85. The Hall–Kier alpha value is -0.750. The van der Waals surface area contributed by atoms with Crippen LogP contribution in [0.4, 0.5) is 13.2 Å². The molecular formula is C11H11BrF3NO. The van der Waals surface area contributed by atoms with E-state index < -0.39 is 11.7 Å². The van der Waals surface area contributed by atoms with Crippen LogP contribution in [0.2, 0.25) is 0 Å². The molecule has 0 bridgehead atoms. The number of benzene rings is 1. The van der Waals surface area contributed by atoms with Crippen LogP contribution in [0.3, 0.4) is 0 Å². The van der Waals surface area contributed by atoms with E-state index in [-0.39, 0.29) is 10.0 Å². The van der Waals surface area contributed by atoms with Crippen LogP contribution in [0.1, 0.15) is 18.4 Å². The van der Waals surface area contributed by atoms with Gasteiger partial charge in [-0.25, -0.2) is 0 Å². The van der Waals surface area contributed by atoms with E-state index >= 15 is 0 Å². The Labute approximate surface area is 105 Å². The molecule has 0 saturated heterocycles. The molecule has 1 fully saturated rings. The highest BCUT2D eigenvalue weighted by Crippen LogP contribution is 2.37. The van der Waals surface area contributed by atoms with Gasteiger partial charge in [0, 0.05) is 0 Å². The summed E-state index contributed by atoms with van der Waals surface area (Å²) in [6, 6.07) is 3.31. The average molecular weight is 310 g/mol. The number of nitrogens with two attached hydrogens (primary N) is 1. The Morgan fingerprint density at radius 1 is 1.35 bits per heavy atom. The highest BCUT2D eigenvalue weighted by atomic mass is 79.9. The fraction of sp³-hybridized carbons (Fsp3) is 0.455. The van der Waals surface area contributed by atoms with Crippen LogP contribution < -0.4 is 10.5 Å². The molecule has 1 aliphatic carbocycles. The highest BCUT2D eigenvalue weighted by molar-refractivity contribution is 9.10. The van der Waals surface area contributed by atoms with Gasteiger partial charge in [-0.3, -0.25) is 0 Å². The summed E-state index contributed by atoms with van der Waals surface area (Å²) in [6.07, 6.45) is -2.55. The van der Waals surface area contributed by atoms with E-state index in [2.05, 4.69) is 15.9 Å². The number of alkyl halides is 3. The van der Waals surface area contributed by atoms with Gasteiger partial charge < -0.3 is 10.5 Å². The van der Waals surface area contributed by atoms with E-state index in [1.807, 2.05) is 0 Å². The first-order valence-electron chi connectivity index (χ1n) is 5.09. The van der Waals surface area contributed by atoms with Gasteiger partial charge in [0.25, 0.3) is 0 Å². The molecule has 6 heteroatoms. The Balaban J connectivity index is 2.09. The Kier molecular flexibility index (Phi) is 3.12. The van der Waals surface area contributed by atoms with Crippen molar-refractivity contribution in [1.29, 1.82) is 0 Å². The first kappa shape index (κ1) is 12.7. The number of ether oxygens (including phenoxy) is 1. The SMILES string of the molecule is NC1(COc2ccc(C(F)(F)F)cc2Br)CC1. The van der Waals surface area contributed by atoms with E-state index in [4.69, 9.17) is 10.5 Å². The summed E-state index contributed by atoms with van der Waals surface area (Å²) in [4.78, 5) is 0. The van der Waals surface area contributed by atoms with Crippen LogP contribution in [0.15, 0.2) is 22.7 Å². The molecule has 2 nitrogen and oxygen atoms in total. The second kappa shape index (κ2) is 4.17. The van der Waals surface area contributed by atoms with Crippen molar-refractivity contribution in [2.75, 3.05) is 6.61 Å². The molecule has 1 aliphatic rings. The van der Waals surface area contributed by atoms with Gasteiger partial charge in [0.1, 0.15) is 12.4 Å². The minimum absolute atomic E-state index is 0.288. The zero-order chi connectivity index (χ0) is 12.7. The molecule has 0 amide bonds. The lowest BCUT2D eigenvalue weighted by Gasteiger charge is -2.14. The Morgan fingerprint density at radius 2 is 2.00 bits per heavy atom. The summed E-state index contributed by atoms with van der Waals surface area (Å²) in [5.74, 6) is 0.384. The van der Waals surface area contributed by atoms with Gasteiger partial charge >= 0.3 is 6.18 Å². The van der Waals surface area contributed by atoms with Gasteiger partial charge in [0.2, 0.25) is 0 Å². The summed E-state index contributed by atoms with van der Waals surface area (Å²) in [5, 5.41) is 0. The van der Waals surface area contributed by atoms with E-state index in [9.17, 15) is 13.2 Å². The third-order valence-corrected chi connectivity index (χ3v) is 3.29. The van der Waals surface area contributed by atoms with Gasteiger partial charge in [-0.1, -0.05) is 0 Å². The highest BCUT2D eigenvalue weighted by Gasteiger charge is 2.39. The molecule has 0 atom stereocenters. The van der Waals surface area contributed by atoms with Crippen molar-refractivity contribution < 1.29 is 17.9 Å². The fourth-order valence-electron chi connectivity index (χ4n) is 1.32. The fourth-order valence-corrected chi connectivity index (χ4v) is 1.81. The second-order valence-corrected chi connectivity index (χ2v) is 5.15. The predicted molar refractivity (Wildman–Crippen MR) is 60.8 cm³/mol. The van der Waals surface area contributed by atoms with Crippen molar-refractivity contribution in [3.8, 4) is 5.75 Å². The van der Waals surface area contributed by atoms with Gasteiger partial charge in [0.05, 0.1) is 15.6 Å². The lowest BCUT2D eigenvalue weighted by atomic mass is 10.2. The molecule has 2 N–H and O–H groups in total. The molecule has 94 valence electrons. The van der Waals surface area contributed by atoms with Crippen LogP contribution in [-0.2, 0) is 6.18 Å². The maximum Gasteiger partial charge on any atom is 0.416 e. The van der Waals surface area contributed by atoms with Gasteiger partial charge in [0.15, 0.2) is 0 Å². The van der Waals surface area contributed by atoms with Crippen molar-refractivity contribution in [2.45, 2.75) is 24.6 Å². The minimum atomic E-state index is -4.34. The Bertz CT molecular complexity index is 429. The van der Waals surface area contributed by atoms with Crippen molar-refractivity contribution in [3.05, 3.63) is 28.2 Å². The van der Waals surface area contributed by atoms with Crippen molar-refractivity contribution in [1.82, 2.24) is 0 Å². The van der Waals surface area contributed by atoms with Crippen molar-refractivity contribution >= 4 is 15.9 Å². The molecule has 0 spiro atoms. The smallest absolute Gasteiger partial charge is 0.416 e. The van der Waals surface area contributed by atoms with Gasteiger partial charge in [-0.15, -0.1) is 0 Å². The van der Waals surface area contributed by atoms with E-state index in [0.29, 0.717) is 12.4 Å². The Morgan fingerprint density at radius 3 is 2.47 bits per heavy atom. The normalized spacial score (nSPS) is 17.9. The minimum Gasteiger partial charge on any atom is -0.490 e. The third-order valence-electron chi connectivity index (χ3n) is 2.67. The summed E-state index contributed by atoms with van der Waals surface area (Å²) in [5.41, 5.74) is 4.83. The second-order valence-electron chi connectivity index (χ2n) is 4.29.